The van der Waals surface area contributed by atoms with Gasteiger partial charge in [-0.05, 0) is 61.4 Å². The average Bonchev–Trinajstić information content (AvgIpc) is 3.07. The first kappa shape index (κ1) is 31.8. The molecule has 3 amide bonds. The van der Waals surface area contributed by atoms with Crippen LogP contribution in [-0.4, -0.2) is 57.8 Å². The van der Waals surface area contributed by atoms with Crippen molar-refractivity contribution in [3.63, 3.8) is 0 Å². The van der Waals surface area contributed by atoms with Crippen molar-refractivity contribution in [2.75, 3.05) is 24.6 Å². The summed E-state index contributed by atoms with van der Waals surface area (Å²) in [6.07, 6.45) is 0.662. The molecule has 2 heterocycles. The summed E-state index contributed by atoms with van der Waals surface area (Å²) in [5.41, 5.74) is 4.11. The zero-order chi connectivity index (χ0) is 32.3. The van der Waals surface area contributed by atoms with E-state index in [0.29, 0.717) is 43.5 Å². The zero-order valence-corrected chi connectivity index (χ0v) is 25.8. The van der Waals surface area contributed by atoms with Gasteiger partial charge in [-0.25, -0.2) is 0 Å². The maximum atomic E-state index is 13.3. The first-order valence-electron chi connectivity index (χ1n) is 15.2. The predicted octanol–water partition coefficient (Wildman–Crippen LogP) is 3.61. The van der Waals surface area contributed by atoms with Crippen LogP contribution in [0.2, 0.25) is 0 Å². The van der Waals surface area contributed by atoms with Crippen molar-refractivity contribution in [1.82, 2.24) is 31.0 Å². The first-order valence-corrected chi connectivity index (χ1v) is 15.2. The highest BCUT2D eigenvalue weighted by atomic mass is 16.5. The van der Waals surface area contributed by atoms with Crippen molar-refractivity contribution < 1.29 is 19.1 Å². The van der Waals surface area contributed by atoms with Gasteiger partial charge in [0.25, 0.3) is 0 Å². The van der Waals surface area contributed by atoms with Crippen LogP contribution in [-0.2, 0) is 20.9 Å². The second kappa shape index (κ2) is 15.4. The minimum atomic E-state index is -0.433. The van der Waals surface area contributed by atoms with Gasteiger partial charge in [0, 0.05) is 42.6 Å². The van der Waals surface area contributed by atoms with E-state index in [4.69, 9.17) is 4.74 Å². The highest BCUT2D eigenvalue weighted by molar-refractivity contribution is 5.97. The lowest BCUT2D eigenvalue weighted by Crippen LogP contribution is -2.38. The molecule has 3 aromatic carbocycles. The van der Waals surface area contributed by atoms with E-state index >= 15 is 0 Å². The third-order valence-electron chi connectivity index (χ3n) is 7.37. The number of hydrogen-bond acceptors (Lipinski definition) is 8. The number of para-hydroxylation sites is 1. The normalized spacial score (nSPS) is 12.3. The molecule has 234 valence electrons. The quantitative estimate of drug-likeness (QED) is 0.182. The largest absolute Gasteiger partial charge is 0.494 e. The van der Waals surface area contributed by atoms with E-state index in [9.17, 15) is 14.4 Å². The SMILES string of the molecule is Cc1nnc(-c2ccc(OCCCNC(=O)C(C)CNC(=O)CCC(=O)N3Cc4ccccc4C#Cc4ccccc43)cc2)nn1. The van der Waals surface area contributed by atoms with Gasteiger partial charge in [0.2, 0.25) is 23.5 Å². The van der Waals surface area contributed by atoms with Crippen molar-refractivity contribution in [2.45, 2.75) is 39.7 Å². The van der Waals surface area contributed by atoms with Crippen molar-refractivity contribution in [2.24, 2.45) is 5.92 Å². The Bertz CT molecular complexity index is 1750. The topological polar surface area (TPSA) is 139 Å². The maximum absolute atomic E-state index is 13.3. The number of anilines is 1. The lowest BCUT2D eigenvalue weighted by atomic mass is 10.0. The molecule has 1 aliphatic heterocycles. The lowest BCUT2D eigenvalue weighted by Gasteiger charge is -2.26. The third-order valence-corrected chi connectivity index (χ3v) is 7.37. The molecule has 1 aliphatic rings. The molecule has 4 aromatic rings. The summed E-state index contributed by atoms with van der Waals surface area (Å²) < 4.78 is 5.76. The molecule has 0 bridgehead atoms. The standard InChI is InChI=1S/C35H35N7O4/c1-24(35(45)36-20-7-21-46-30-16-14-28(15-17-30)34-40-38-25(2)39-41-34)22-37-32(43)18-19-33(44)42-23-29-10-4-3-8-26(29)12-13-27-9-5-6-11-31(27)42/h3-6,8-11,14-17,24H,7,18-23H2,1-2H3,(H,36,45)(H,37,43). The van der Waals surface area contributed by atoms with Crippen molar-refractivity contribution in [3.05, 3.63) is 95.3 Å². The summed E-state index contributed by atoms with van der Waals surface area (Å²) in [5.74, 6) is 6.96. The van der Waals surface area contributed by atoms with Crippen molar-refractivity contribution in [3.8, 4) is 29.0 Å². The molecule has 1 unspecified atom stereocenters. The van der Waals surface area contributed by atoms with Crippen LogP contribution in [0, 0.1) is 24.7 Å². The molecule has 0 aliphatic carbocycles. The van der Waals surface area contributed by atoms with Gasteiger partial charge in [-0.1, -0.05) is 49.1 Å². The van der Waals surface area contributed by atoms with E-state index in [0.717, 1.165) is 27.9 Å². The second-order valence-corrected chi connectivity index (χ2v) is 10.9. The summed E-state index contributed by atoms with van der Waals surface area (Å²) in [7, 11) is 0. The molecular weight excluding hydrogens is 582 g/mol. The summed E-state index contributed by atoms with van der Waals surface area (Å²) in [5, 5.41) is 21.5. The Morgan fingerprint density at radius 2 is 1.57 bits per heavy atom. The van der Waals surface area contributed by atoms with Crippen molar-refractivity contribution in [1.29, 1.82) is 0 Å². The Labute approximate surface area is 267 Å². The van der Waals surface area contributed by atoms with E-state index < -0.39 is 5.92 Å². The van der Waals surface area contributed by atoms with Crippen LogP contribution >= 0.6 is 0 Å². The lowest BCUT2D eigenvalue weighted by molar-refractivity contribution is -0.127. The number of carbonyl (C=O) groups is 3. The van der Waals surface area contributed by atoms with E-state index in [2.05, 4.69) is 42.9 Å². The third kappa shape index (κ3) is 8.51. The van der Waals surface area contributed by atoms with Crippen molar-refractivity contribution >= 4 is 23.4 Å². The summed E-state index contributed by atoms with van der Waals surface area (Å²) >= 11 is 0. The van der Waals surface area contributed by atoms with Gasteiger partial charge in [-0.3, -0.25) is 14.4 Å². The molecule has 0 fully saturated rings. The number of carbonyl (C=O) groups excluding carboxylic acids is 3. The number of nitrogens with one attached hydrogen (secondary N) is 2. The van der Waals surface area contributed by atoms with Gasteiger partial charge in [0.1, 0.15) is 5.75 Å². The minimum absolute atomic E-state index is 0.0172. The van der Waals surface area contributed by atoms with Crippen LogP contribution in [0.3, 0.4) is 0 Å². The molecule has 0 saturated heterocycles. The predicted molar refractivity (Wildman–Crippen MR) is 172 cm³/mol. The Balaban J connectivity index is 1.00. The fourth-order valence-corrected chi connectivity index (χ4v) is 4.75. The fraction of sp³-hybridized carbons (Fsp3) is 0.286. The van der Waals surface area contributed by atoms with Crippen LogP contribution < -0.4 is 20.3 Å². The Morgan fingerprint density at radius 3 is 2.35 bits per heavy atom. The molecule has 0 saturated carbocycles. The first-order chi connectivity index (χ1) is 22.4. The number of benzene rings is 3. The van der Waals surface area contributed by atoms with Gasteiger partial charge >= 0.3 is 0 Å². The highest BCUT2D eigenvalue weighted by Gasteiger charge is 2.22. The number of amides is 3. The average molecular weight is 618 g/mol. The Kier molecular flexibility index (Phi) is 10.6. The molecular formula is C35H35N7O4. The molecule has 11 nitrogen and oxygen atoms in total. The maximum Gasteiger partial charge on any atom is 0.227 e. The monoisotopic (exact) mass is 617 g/mol. The van der Waals surface area contributed by atoms with E-state index in [-0.39, 0.29) is 37.1 Å². The molecule has 1 aromatic heterocycles. The van der Waals surface area contributed by atoms with Crippen LogP contribution in [0.25, 0.3) is 11.4 Å². The smallest absolute Gasteiger partial charge is 0.227 e. The zero-order valence-electron chi connectivity index (χ0n) is 25.8. The number of hydrogen-bond donors (Lipinski definition) is 2. The van der Waals surface area contributed by atoms with Crippen LogP contribution in [0.15, 0.2) is 72.8 Å². The number of aromatic nitrogens is 4. The molecule has 11 heteroatoms. The van der Waals surface area contributed by atoms with Gasteiger partial charge in [-0.2, -0.15) is 0 Å². The molecule has 0 spiro atoms. The van der Waals surface area contributed by atoms with Crippen LogP contribution in [0.4, 0.5) is 5.69 Å². The minimum Gasteiger partial charge on any atom is -0.494 e. The van der Waals surface area contributed by atoms with Crippen LogP contribution in [0.5, 0.6) is 5.75 Å². The molecule has 46 heavy (non-hydrogen) atoms. The van der Waals surface area contributed by atoms with E-state index in [1.54, 1.807) is 18.7 Å². The number of fused-ring (bicyclic) bond motifs is 2. The van der Waals surface area contributed by atoms with E-state index in [1.165, 1.54) is 0 Å². The summed E-state index contributed by atoms with van der Waals surface area (Å²) in [6.45, 7) is 4.87. The van der Waals surface area contributed by atoms with Gasteiger partial charge in [0.05, 0.1) is 24.8 Å². The molecule has 2 N–H and O–H groups in total. The Morgan fingerprint density at radius 1 is 0.870 bits per heavy atom. The Hall–Kier alpha value is -5.63. The van der Waals surface area contributed by atoms with Crippen LogP contribution in [0.1, 0.15) is 48.7 Å². The molecule has 0 radical (unpaired) electrons. The summed E-state index contributed by atoms with van der Waals surface area (Å²) in [6, 6.07) is 22.6. The number of nitrogens with zero attached hydrogens (tertiary/aromatic N) is 5. The van der Waals surface area contributed by atoms with Gasteiger partial charge in [-0.15, -0.1) is 20.4 Å². The second-order valence-electron chi connectivity index (χ2n) is 10.9. The van der Waals surface area contributed by atoms with E-state index in [1.807, 2.05) is 72.8 Å². The number of rotatable bonds is 12. The van der Waals surface area contributed by atoms with Gasteiger partial charge < -0.3 is 20.3 Å². The molecule has 1 atom stereocenters. The number of ether oxygens (including phenoxy) is 1. The molecule has 5 rings (SSSR count). The summed E-state index contributed by atoms with van der Waals surface area (Å²) in [4.78, 5) is 40.2. The fourth-order valence-electron chi connectivity index (χ4n) is 4.75. The van der Waals surface area contributed by atoms with Gasteiger partial charge in [0.15, 0.2) is 5.82 Å². The number of aryl methyl sites for hydroxylation is 1. The highest BCUT2D eigenvalue weighted by Crippen LogP contribution is 2.26.